The molecule has 5 aromatic rings. The van der Waals surface area contributed by atoms with Crippen molar-refractivity contribution in [2.24, 2.45) is 5.16 Å². The molecule has 1 aliphatic heterocycles. The zero-order chi connectivity index (χ0) is 26.9. The molecule has 1 atom stereocenters. The van der Waals surface area contributed by atoms with E-state index in [-0.39, 0.29) is 18.3 Å². The summed E-state index contributed by atoms with van der Waals surface area (Å²) in [5, 5.41) is 19.2. The second-order valence-corrected chi connectivity index (χ2v) is 9.07. The van der Waals surface area contributed by atoms with Gasteiger partial charge in [0, 0.05) is 28.1 Å². The monoisotopic (exact) mass is 543 g/mol. The fraction of sp³-hybridized carbons (Fsp3) is 0.143. The molecule has 0 radical (unpaired) electrons. The van der Waals surface area contributed by atoms with Crippen LogP contribution in [0.25, 0.3) is 5.65 Å². The lowest BCUT2D eigenvalue weighted by Crippen LogP contribution is -2.15. The second kappa shape index (κ2) is 10.1. The van der Waals surface area contributed by atoms with Crippen molar-refractivity contribution in [2.75, 3.05) is 14.2 Å². The average Bonchev–Trinajstić information content (AvgIpc) is 3.37. The average molecular weight is 544 g/mol. The minimum atomic E-state index is -0.350. The van der Waals surface area contributed by atoms with Gasteiger partial charge in [0.2, 0.25) is 5.88 Å². The highest BCUT2D eigenvalue weighted by atomic mass is 35.5. The van der Waals surface area contributed by atoms with Crippen LogP contribution in [0.3, 0.4) is 0 Å². The highest BCUT2D eigenvalue weighted by Gasteiger charge is 2.34. The lowest BCUT2D eigenvalue weighted by atomic mass is 9.83. The number of halogens is 1. The number of ether oxygens (including phenoxy) is 3. The van der Waals surface area contributed by atoms with Gasteiger partial charge in [-0.3, -0.25) is 0 Å². The topological polar surface area (TPSA) is 113 Å². The Morgan fingerprint density at radius 1 is 1.08 bits per heavy atom. The van der Waals surface area contributed by atoms with Gasteiger partial charge in [0.15, 0.2) is 29.6 Å². The summed E-state index contributed by atoms with van der Waals surface area (Å²) in [7, 11) is 3.18. The van der Waals surface area contributed by atoms with Crippen molar-refractivity contribution < 1.29 is 24.2 Å². The van der Waals surface area contributed by atoms with E-state index in [2.05, 4.69) is 15.2 Å². The van der Waals surface area contributed by atoms with Gasteiger partial charge in [-0.05, 0) is 29.8 Å². The van der Waals surface area contributed by atoms with Crippen LogP contribution in [0.5, 0.6) is 28.9 Å². The quantitative estimate of drug-likeness (QED) is 0.212. The molecule has 11 heteroatoms. The van der Waals surface area contributed by atoms with Gasteiger partial charge in [-0.15, -0.1) is 5.10 Å². The third kappa shape index (κ3) is 4.55. The third-order valence-corrected chi connectivity index (χ3v) is 6.68. The second-order valence-electron chi connectivity index (χ2n) is 8.66. The first kappa shape index (κ1) is 24.5. The van der Waals surface area contributed by atoms with Crippen LogP contribution >= 0.6 is 11.6 Å². The number of benzene rings is 3. The maximum atomic E-state index is 10.1. The van der Waals surface area contributed by atoms with Crippen LogP contribution in [0.15, 0.2) is 72.1 Å². The molecule has 1 unspecified atom stereocenters. The molecular weight excluding hydrogens is 522 g/mol. The van der Waals surface area contributed by atoms with Gasteiger partial charge >= 0.3 is 0 Å². The third-order valence-electron chi connectivity index (χ3n) is 6.34. The molecule has 0 saturated carbocycles. The number of rotatable bonds is 7. The van der Waals surface area contributed by atoms with Gasteiger partial charge in [0.25, 0.3) is 0 Å². The van der Waals surface area contributed by atoms with Crippen LogP contribution in [0, 0.1) is 0 Å². The van der Waals surface area contributed by atoms with E-state index in [4.69, 9.17) is 35.6 Å². The lowest BCUT2D eigenvalue weighted by molar-refractivity contribution is 0.126. The first-order valence-corrected chi connectivity index (χ1v) is 12.3. The van der Waals surface area contributed by atoms with Gasteiger partial charge in [-0.2, -0.15) is 0 Å². The number of hydrogen-bond acceptors (Lipinski definition) is 9. The van der Waals surface area contributed by atoms with Crippen LogP contribution in [-0.4, -0.2) is 45.1 Å². The van der Waals surface area contributed by atoms with Gasteiger partial charge in [-0.1, -0.05) is 47.1 Å². The van der Waals surface area contributed by atoms with E-state index in [1.54, 1.807) is 36.9 Å². The van der Waals surface area contributed by atoms with E-state index < -0.39 is 0 Å². The van der Waals surface area contributed by atoms with E-state index >= 15 is 0 Å². The Hall–Kier alpha value is -4.83. The Balaban J connectivity index is 1.40. The normalized spacial score (nSPS) is 14.1. The maximum Gasteiger partial charge on any atom is 0.228 e. The summed E-state index contributed by atoms with van der Waals surface area (Å²) < 4.78 is 18.7. The number of fused-ring (bicyclic) bond motifs is 4. The van der Waals surface area contributed by atoms with E-state index in [1.807, 2.05) is 42.5 Å². The van der Waals surface area contributed by atoms with Crippen LogP contribution < -0.4 is 14.2 Å². The van der Waals surface area contributed by atoms with Crippen LogP contribution in [-0.2, 0) is 11.4 Å². The van der Waals surface area contributed by atoms with Crippen molar-refractivity contribution in [2.45, 2.75) is 12.5 Å². The molecule has 0 bridgehead atoms. The zero-order valence-electron chi connectivity index (χ0n) is 20.9. The van der Waals surface area contributed by atoms with Gasteiger partial charge in [0.05, 0.1) is 26.0 Å². The molecule has 2 aromatic heterocycles. The predicted molar refractivity (Wildman–Crippen MR) is 143 cm³/mol. The molecule has 10 nitrogen and oxygen atoms in total. The molecule has 0 aliphatic carbocycles. The van der Waals surface area contributed by atoms with Crippen molar-refractivity contribution in [1.82, 2.24) is 19.6 Å². The molecule has 6 rings (SSSR count). The maximum absolute atomic E-state index is 10.1. The van der Waals surface area contributed by atoms with Crippen molar-refractivity contribution in [3.63, 3.8) is 0 Å². The number of aromatic hydroxyl groups is 1. The molecule has 3 heterocycles. The number of hydrogen-bond donors (Lipinski definition) is 1. The SMILES string of the molecule is COc1ccc(C2c3ccc(O)cc3Oc3ncn4nc(CO/N=C/c5ccccc5Cl)nc4c32)cc1OC. The summed E-state index contributed by atoms with van der Waals surface area (Å²) in [5.74, 6) is 2.18. The molecule has 0 amide bonds. The number of phenols is 1. The van der Waals surface area contributed by atoms with E-state index in [0.717, 1.165) is 16.7 Å². The molecule has 196 valence electrons. The number of oxime groups is 1. The fourth-order valence-electron chi connectivity index (χ4n) is 4.56. The number of nitrogens with zero attached hydrogens (tertiary/aromatic N) is 5. The summed E-state index contributed by atoms with van der Waals surface area (Å²) in [6, 6.07) is 18.0. The molecular formula is C28H22ClN5O5. The largest absolute Gasteiger partial charge is 0.508 e. The van der Waals surface area contributed by atoms with Gasteiger partial charge in [0.1, 0.15) is 17.8 Å². The van der Waals surface area contributed by atoms with E-state index in [1.165, 1.54) is 12.5 Å². The summed E-state index contributed by atoms with van der Waals surface area (Å²) in [4.78, 5) is 14.7. The summed E-state index contributed by atoms with van der Waals surface area (Å²) >= 11 is 6.16. The Kier molecular flexibility index (Phi) is 6.37. The summed E-state index contributed by atoms with van der Waals surface area (Å²) in [5.41, 5.74) is 3.71. The zero-order valence-corrected chi connectivity index (χ0v) is 21.7. The highest BCUT2D eigenvalue weighted by Crippen LogP contribution is 2.49. The predicted octanol–water partition coefficient (Wildman–Crippen LogP) is 5.34. The Labute approximate surface area is 228 Å². The van der Waals surface area contributed by atoms with Crippen molar-refractivity contribution in [3.05, 3.63) is 100 Å². The van der Waals surface area contributed by atoms with Crippen LogP contribution in [0.2, 0.25) is 5.02 Å². The minimum absolute atomic E-state index is 0.0315. The fourth-order valence-corrected chi connectivity index (χ4v) is 4.74. The minimum Gasteiger partial charge on any atom is -0.508 e. The molecule has 39 heavy (non-hydrogen) atoms. The molecule has 0 spiro atoms. The molecule has 1 aliphatic rings. The molecule has 1 N–H and O–H groups in total. The molecule has 3 aromatic carbocycles. The van der Waals surface area contributed by atoms with Crippen molar-refractivity contribution in [1.29, 1.82) is 0 Å². The Morgan fingerprint density at radius 3 is 2.74 bits per heavy atom. The summed E-state index contributed by atoms with van der Waals surface area (Å²) in [6.45, 7) is 0.0315. The van der Waals surface area contributed by atoms with E-state index in [0.29, 0.717) is 45.2 Å². The standard InChI is InChI=1S/C28H22ClN5O5/c1-36-21-10-7-16(11-23(21)37-2)25-19-9-8-18(35)12-22(19)39-28-26(25)27-32-24(33-34(27)15-30-28)14-38-31-13-17-5-3-4-6-20(17)29/h3-13,15,25,35H,14H2,1-2H3/b31-13+. The first-order valence-electron chi connectivity index (χ1n) is 11.9. The van der Waals surface area contributed by atoms with Gasteiger partial charge in [-0.25, -0.2) is 14.5 Å². The molecule has 0 fully saturated rings. The lowest BCUT2D eigenvalue weighted by Gasteiger charge is -2.28. The Bertz CT molecular complexity index is 1720. The number of phenolic OH excluding ortho intramolecular Hbond substituents is 1. The highest BCUT2D eigenvalue weighted by molar-refractivity contribution is 6.33. The van der Waals surface area contributed by atoms with Crippen molar-refractivity contribution in [3.8, 4) is 28.9 Å². The smallest absolute Gasteiger partial charge is 0.228 e. The Morgan fingerprint density at radius 2 is 1.92 bits per heavy atom. The van der Waals surface area contributed by atoms with E-state index in [9.17, 15) is 5.11 Å². The van der Waals surface area contributed by atoms with Gasteiger partial charge < -0.3 is 24.2 Å². The molecule has 0 saturated heterocycles. The van der Waals surface area contributed by atoms with Crippen molar-refractivity contribution >= 4 is 23.5 Å². The first-order chi connectivity index (χ1) is 19.1. The van der Waals surface area contributed by atoms with Crippen LogP contribution in [0.4, 0.5) is 0 Å². The number of aromatic nitrogens is 4. The summed E-state index contributed by atoms with van der Waals surface area (Å²) in [6.07, 6.45) is 3.06. The number of methoxy groups -OCH3 is 2. The van der Waals surface area contributed by atoms with Crippen LogP contribution in [0.1, 0.15) is 34.0 Å².